The maximum atomic E-state index is 12.1. The Morgan fingerprint density at radius 3 is 2.45 bits per heavy atom. The molecule has 0 aromatic carbocycles. The fraction of sp³-hybridized carbons (Fsp3) is 0.692. The van der Waals surface area contributed by atoms with Gasteiger partial charge in [0.15, 0.2) is 0 Å². The van der Waals surface area contributed by atoms with E-state index in [-0.39, 0.29) is 18.2 Å². The zero-order valence-electron chi connectivity index (χ0n) is 11.3. The molecule has 0 radical (unpaired) electrons. The summed E-state index contributed by atoms with van der Waals surface area (Å²) in [6, 6.07) is -0.801. The zero-order valence-corrected chi connectivity index (χ0v) is 11.3. The highest BCUT2D eigenvalue weighted by Crippen LogP contribution is 2.29. The van der Waals surface area contributed by atoms with Gasteiger partial charge in [0.25, 0.3) is 5.91 Å². The summed E-state index contributed by atoms with van der Waals surface area (Å²) < 4.78 is 0. The number of carbonyl (C=O) groups is 4. The summed E-state index contributed by atoms with van der Waals surface area (Å²) in [4.78, 5) is 47.1. The molecule has 7 heteroatoms. The molecule has 7 nitrogen and oxygen atoms in total. The molecule has 1 saturated heterocycles. The van der Waals surface area contributed by atoms with Crippen molar-refractivity contribution in [3.63, 3.8) is 0 Å². The highest BCUT2D eigenvalue weighted by Gasteiger charge is 2.39. The molecule has 1 heterocycles. The van der Waals surface area contributed by atoms with E-state index in [1.165, 1.54) is 7.05 Å². The normalized spacial score (nSPS) is 30.4. The number of likely N-dealkylation sites (tertiary alicyclic amines) is 1. The first-order chi connectivity index (χ1) is 9.40. The fourth-order valence-electron chi connectivity index (χ4n) is 2.81. The lowest BCUT2D eigenvalue weighted by Gasteiger charge is -2.26. The fourth-order valence-corrected chi connectivity index (χ4v) is 2.81. The molecule has 0 aromatic heterocycles. The number of hydrogen-bond acceptors (Lipinski definition) is 4. The zero-order chi connectivity index (χ0) is 14.9. The van der Waals surface area contributed by atoms with Crippen LogP contribution in [0.2, 0.25) is 0 Å². The van der Waals surface area contributed by atoms with Gasteiger partial charge in [-0.1, -0.05) is 6.42 Å². The van der Waals surface area contributed by atoms with E-state index in [9.17, 15) is 19.2 Å². The van der Waals surface area contributed by atoms with Gasteiger partial charge in [0, 0.05) is 13.0 Å². The van der Waals surface area contributed by atoms with E-state index >= 15 is 0 Å². The molecular formula is C13H18N2O5. The van der Waals surface area contributed by atoms with Crippen LogP contribution >= 0.6 is 0 Å². The number of nitrogens with one attached hydrogen (secondary N) is 1. The summed E-state index contributed by atoms with van der Waals surface area (Å²) in [7, 11) is 1.39. The summed E-state index contributed by atoms with van der Waals surface area (Å²) in [6.45, 7) is 0. The highest BCUT2D eigenvalue weighted by molar-refractivity contribution is 6.06. The van der Waals surface area contributed by atoms with Crippen LogP contribution in [0.4, 0.5) is 0 Å². The Hall–Kier alpha value is -1.92. The molecule has 2 rings (SSSR count). The molecule has 2 N–H and O–H groups in total. The van der Waals surface area contributed by atoms with E-state index in [1.54, 1.807) is 0 Å². The van der Waals surface area contributed by atoms with Crippen LogP contribution in [0.3, 0.4) is 0 Å². The lowest BCUT2D eigenvalue weighted by molar-refractivity contribution is -0.144. The van der Waals surface area contributed by atoms with Crippen molar-refractivity contribution < 1.29 is 24.3 Å². The Bertz CT molecular complexity index is 462. The number of imide groups is 1. The van der Waals surface area contributed by atoms with Crippen LogP contribution in [0.1, 0.15) is 32.1 Å². The van der Waals surface area contributed by atoms with Gasteiger partial charge in [0.05, 0.1) is 12.3 Å². The quantitative estimate of drug-likeness (QED) is 0.695. The van der Waals surface area contributed by atoms with Crippen LogP contribution in [0.15, 0.2) is 0 Å². The molecule has 3 amide bonds. The number of carboxylic acid groups (broad SMARTS) is 1. The monoisotopic (exact) mass is 282 g/mol. The lowest BCUT2D eigenvalue weighted by atomic mass is 9.81. The van der Waals surface area contributed by atoms with Crippen LogP contribution < -0.4 is 5.32 Å². The number of amides is 3. The number of rotatable bonds is 3. The van der Waals surface area contributed by atoms with Crippen LogP contribution in [-0.4, -0.2) is 46.8 Å². The van der Waals surface area contributed by atoms with Gasteiger partial charge in [0.2, 0.25) is 11.8 Å². The number of carbonyl (C=O) groups excluding carboxylic acids is 3. The van der Waals surface area contributed by atoms with Gasteiger partial charge in [-0.3, -0.25) is 24.1 Å². The van der Waals surface area contributed by atoms with E-state index in [2.05, 4.69) is 5.32 Å². The molecule has 0 spiro atoms. The smallest absolute Gasteiger partial charge is 0.306 e. The van der Waals surface area contributed by atoms with Gasteiger partial charge in [-0.25, -0.2) is 0 Å². The Balaban J connectivity index is 1.93. The molecule has 3 unspecified atom stereocenters. The summed E-state index contributed by atoms with van der Waals surface area (Å²) >= 11 is 0. The highest BCUT2D eigenvalue weighted by atomic mass is 16.4. The van der Waals surface area contributed by atoms with Crippen molar-refractivity contribution in [3.8, 4) is 0 Å². The predicted octanol–water partition coefficient (Wildman–Crippen LogP) is -0.249. The van der Waals surface area contributed by atoms with Crippen molar-refractivity contribution in [2.45, 2.75) is 38.1 Å². The number of hydrogen-bond donors (Lipinski definition) is 2. The standard InChI is InChI=1S/C13H18N2O5/c1-15-10(16)6-9(12(15)18)14-11(17)7-3-2-4-8(5-7)13(19)20/h7-9H,2-6H2,1H3,(H,14,17)(H,19,20). The first kappa shape index (κ1) is 14.5. The second kappa shape index (κ2) is 5.60. The molecule has 2 fully saturated rings. The van der Waals surface area contributed by atoms with E-state index in [1.807, 2.05) is 0 Å². The van der Waals surface area contributed by atoms with Crippen LogP contribution in [0, 0.1) is 11.8 Å². The van der Waals surface area contributed by atoms with E-state index in [0.29, 0.717) is 25.7 Å². The van der Waals surface area contributed by atoms with Crippen LogP contribution in [-0.2, 0) is 19.2 Å². The molecule has 0 aromatic rings. The first-order valence-corrected chi connectivity index (χ1v) is 6.73. The van der Waals surface area contributed by atoms with Gasteiger partial charge < -0.3 is 10.4 Å². The number of carboxylic acids is 1. The summed E-state index contributed by atoms with van der Waals surface area (Å²) in [5.74, 6) is -2.81. The Kier molecular flexibility index (Phi) is 4.06. The van der Waals surface area contributed by atoms with Crippen molar-refractivity contribution in [2.75, 3.05) is 7.05 Å². The Morgan fingerprint density at radius 2 is 1.90 bits per heavy atom. The maximum Gasteiger partial charge on any atom is 0.306 e. The third-order valence-electron chi connectivity index (χ3n) is 4.09. The summed E-state index contributed by atoms with van der Waals surface area (Å²) in [6.07, 6.45) is 2.18. The second-order valence-corrected chi connectivity index (χ2v) is 5.45. The van der Waals surface area contributed by atoms with Gasteiger partial charge in [-0.15, -0.1) is 0 Å². The molecule has 110 valence electrons. The van der Waals surface area contributed by atoms with Crippen LogP contribution in [0.5, 0.6) is 0 Å². The topological polar surface area (TPSA) is 104 Å². The van der Waals surface area contributed by atoms with E-state index in [4.69, 9.17) is 5.11 Å². The lowest BCUT2D eigenvalue weighted by Crippen LogP contribution is -2.44. The average molecular weight is 282 g/mol. The molecule has 2 aliphatic rings. The van der Waals surface area contributed by atoms with Crippen LogP contribution in [0.25, 0.3) is 0 Å². The van der Waals surface area contributed by atoms with Crippen molar-refractivity contribution in [1.82, 2.24) is 10.2 Å². The minimum atomic E-state index is -0.880. The van der Waals surface area contributed by atoms with Crippen molar-refractivity contribution in [1.29, 1.82) is 0 Å². The Morgan fingerprint density at radius 1 is 1.25 bits per heavy atom. The number of aliphatic carboxylic acids is 1. The molecule has 1 saturated carbocycles. The van der Waals surface area contributed by atoms with Gasteiger partial charge in [0.1, 0.15) is 6.04 Å². The average Bonchev–Trinajstić information content (AvgIpc) is 2.66. The Labute approximate surface area is 116 Å². The number of nitrogens with zero attached hydrogens (tertiary/aromatic N) is 1. The van der Waals surface area contributed by atoms with Gasteiger partial charge in [-0.05, 0) is 19.3 Å². The molecule has 20 heavy (non-hydrogen) atoms. The van der Waals surface area contributed by atoms with E-state index in [0.717, 1.165) is 4.90 Å². The van der Waals surface area contributed by atoms with E-state index < -0.39 is 29.8 Å². The third-order valence-corrected chi connectivity index (χ3v) is 4.09. The second-order valence-electron chi connectivity index (χ2n) is 5.45. The molecule has 1 aliphatic carbocycles. The number of likely N-dealkylation sites (N-methyl/N-ethyl adjacent to an activating group) is 1. The minimum absolute atomic E-state index is 0.0177. The minimum Gasteiger partial charge on any atom is -0.481 e. The molecule has 1 aliphatic heterocycles. The molecule has 0 bridgehead atoms. The molecule has 3 atom stereocenters. The van der Waals surface area contributed by atoms with Crippen molar-refractivity contribution in [2.24, 2.45) is 11.8 Å². The third kappa shape index (κ3) is 2.81. The van der Waals surface area contributed by atoms with Gasteiger partial charge >= 0.3 is 5.97 Å². The van der Waals surface area contributed by atoms with Crippen molar-refractivity contribution in [3.05, 3.63) is 0 Å². The van der Waals surface area contributed by atoms with Crippen molar-refractivity contribution >= 4 is 23.7 Å². The maximum absolute atomic E-state index is 12.1. The predicted molar refractivity (Wildman–Crippen MR) is 67.4 cm³/mol. The van der Waals surface area contributed by atoms with Gasteiger partial charge in [-0.2, -0.15) is 0 Å². The first-order valence-electron chi connectivity index (χ1n) is 6.73. The largest absolute Gasteiger partial charge is 0.481 e. The summed E-state index contributed by atoms with van der Waals surface area (Å²) in [5, 5.41) is 11.6. The SMILES string of the molecule is CN1C(=O)CC(NC(=O)C2CCCC(C(=O)O)C2)C1=O. The molecular weight excluding hydrogens is 264 g/mol. The summed E-state index contributed by atoms with van der Waals surface area (Å²) in [5.41, 5.74) is 0.